The molecular weight excluding hydrogens is 180 g/mol. The van der Waals surface area contributed by atoms with Crippen molar-refractivity contribution in [2.24, 2.45) is 5.73 Å². The van der Waals surface area contributed by atoms with Gasteiger partial charge in [0.15, 0.2) is 0 Å². The summed E-state index contributed by atoms with van der Waals surface area (Å²) >= 11 is 0. The number of aromatic nitrogens is 2. The highest BCUT2D eigenvalue weighted by Gasteiger charge is 2.00. The summed E-state index contributed by atoms with van der Waals surface area (Å²) in [6, 6.07) is 3.55. The number of nitrogens with one attached hydrogen (secondary N) is 2. The van der Waals surface area contributed by atoms with Crippen LogP contribution in [-0.2, 0) is 6.54 Å². The molecule has 0 radical (unpaired) electrons. The first-order chi connectivity index (χ1) is 6.72. The first-order valence-electron chi connectivity index (χ1n) is 4.70. The minimum absolute atomic E-state index is 0.177. The highest BCUT2D eigenvalue weighted by Crippen LogP contribution is 1.92. The Morgan fingerprint density at radius 3 is 3.00 bits per heavy atom. The second kappa shape index (κ2) is 5.51. The quantitative estimate of drug-likeness (QED) is 0.598. The van der Waals surface area contributed by atoms with Crippen molar-refractivity contribution in [1.29, 1.82) is 0 Å². The van der Waals surface area contributed by atoms with Gasteiger partial charge in [-0.05, 0) is 26.0 Å². The molecule has 0 fully saturated rings. The van der Waals surface area contributed by atoms with Gasteiger partial charge in [0.2, 0.25) is 0 Å². The molecule has 0 bridgehead atoms. The molecule has 1 aromatic heterocycles. The van der Waals surface area contributed by atoms with Gasteiger partial charge in [-0.1, -0.05) is 0 Å². The van der Waals surface area contributed by atoms with Gasteiger partial charge in [-0.25, -0.2) is 5.10 Å². The van der Waals surface area contributed by atoms with Crippen LogP contribution in [0.4, 0.5) is 0 Å². The van der Waals surface area contributed by atoms with E-state index in [0.717, 1.165) is 12.1 Å². The maximum absolute atomic E-state index is 10.7. The maximum atomic E-state index is 10.7. The molecule has 0 aliphatic heterocycles. The van der Waals surface area contributed by atoms with Crippen molar-refractivity contribution in [1.82, 2.24) is 15.5 Å². The average Bonchev–Trinajstić information content (AvgIpc) is 2.17. The molecule has 5 nitrogen and oxygen atoms in total. The van der Waals surface area contributed by atoms with E-state index in [4.69, 9.17) is 5.73 Å². The number of rotatable bonds is 5. The van der Waals surface area contributed by atoms with Gasteiger partial charge >= 0.3 is 0 Å². The summed E-state index contributed by atoms with van der Waals surface area (Å²) in [7, 11) is 0. The third-order valence-electron chi connectivity index (χ3n) is 1.97. The van der Waals surface area contributed by atoms with E-state index >= 15 is 0 Å². The Hall–Kier alpha value is -1.20. The summed E-state index contributed by atoms with van der Waals surface area (Å²) < 4.78 is 0. The second-order valence-electron chi connectivity index (χ2n) is 3.27. The van der Waals surface area contributed by atoms with Crippen molar-refractivity contribution in [3.8, 4) is 0 Å². The summed E-state index contributed by atoms with van der Waals surface area (Å²) in [5, 5.41) is 9.52. The van der Waals surface area contributed by atoms with Crippen LogP contribution in [0.5, 0.6) is 0 Å². The SMILES string of the molecule is CC(CCN)NCc1ccc(=O)[nH]n1. The van der Waals surface area contributed by atoms with E-state index in [9.17, 15) is 4.79 Å². The van der Waals surface area contributed by atoms with Gasteiger partial charge in [-0.15, -0.1) is 0 Å². The van der Waals surface area contributed by atoms with E-state index < -0.39 is 0 Å². The predicted octanol–water partition coefficient (Wildman–Crippen LogP) is -0.403. The van der Waals surface area contributed by atoms with E-state index in [0.29, 0.717) is 19.1 Å². The molecule has 78 valence electrons. The van der Waals surface area contributed by atoms with Crippen LogP contribution >= 0.6 is 0 Å². The Morgan fingerprint density at radius 2 is 2.43 bits per heavy atom. The van der Waals surface area contributed by atoms with Gasteiger partial charge < -0.3 is 11.1 Å². The van der Waals surface area contributed by atoms with Crippen LogP contribution < -0.4 is 16.6 Å². The molecule has 1 heterocycles. The Morgan fingerprint density at radius 1 is 1.64 bits per heavy atom. The Kier molecular flexibility index (Phi) is 4.28. The molecular formula is C9H16N4O. The van der Waals surface area contributed by atoms with E-state index in [2.05, 4.69) is 22.4 Å². The standard InChI is InChI=1S/C9H16N4O/c1-7(4-5-10)11-6-8-2-3-9(14)13-12-8/h2-3,7,11H,4-6,10H2,1H3,(H,13,14). The highest BCUT2D eigenvalue weighted by atomic mass is 16.1. The van der Waals surface area contributed by atoms with Crippen LogP contribution in [-0.4, -0.2) is 22.8 Å². The molecule has 1 aromatic rings. The lowest BCUT2D eigenvalue weighted by molar-refractivity contribution is 0.513. The number of nitrogens with zero attached hydrogens (tertiary/aromatic N) is 1. The van der Waals surface area contributed by atoms with Crippen molar-refractivity contribution >= 4 is 0 Å². The zero-order valence-electron chi connectivity index (χ0n) is 8.29. The molecule has 14 heavy (non-hydrogen) atoms. The first kappa shape index (κ1) is 10.9. The van der Waals surface area contributed by atoms with Crippen LogP contribution in [0.2, 0.25) is 0 Å². The molecule has 0 aliphatic carbocycles. The third-order valence-corrected chi connectivity index (χ3v) is 1.97. The van der Waals surface area contributed by atoms with E-state index in [1.54, 1.807) is 6.07 Å². The summed E-state index contributed by atoms with van der Waals surface area (Å²) in [6.07, 6.45) is 0.934. The molecule has 0 saturated carbocycles. The molecule has 0 aliphatic rings. The van der Waals surface area contributed by atoms with Crippen LogP contribution in [0.1, 0.15) is 19.0 Å². The lowest BCUT2D eigenvalue weighted by atomic mass is 10.2. The Balaban J connectivity index is 2.38. The van der Waals surface area contributed by atoms with E-state index in [-0.39, 0.29) is 5.56 Å². The number of hydrogen-bond acceptors (Lipinski definition) is 4. The van der Waals surface area contributed by atoms with Crippen molar-refractivity contribution in [2.45, 2.75) is 25.9 Å². The molecule has 1 rings (SSSR count). The van der Waals surface area contributed by atoms with Crippen molar-refractivity contribution in [2.75, 3.05) is 6.54 Å². The van der Waals surface area contributed by atoms with Crippen LogP contribution in [0.3, 0.4) is 0 Å². The van der Waals surface area contributed by atoms with E-state index in [1.165, 1.54) is 6.07 Å². The van der Waals surface area contributed by atoms with Gasteiger partial charge in [0, 0.05) is 18.7 Å². The fraction of sp³-hybridized carbons (Fsp3) is 0.556. The van der Waals surface area contributed by atoms with Crippen LogP contribution in [0, 0.1) is 0 Å². The van der Waals surface area contributed by atoms with Gasteiger partial charge in [-0.3, -0.25) is 4.79 Å². The molecule has 5 heteroatoms. The van der Waals surface area contributed by atoms with Crippen molar-refractivity contribution in [3.63, 3.8) is 0 Å². The summed E-state index contributed by atoms with van der Waals surface area (Å²) in [6.45, 7) is 3.39. The number of nitrogens with two attached hydrogens (primary N) is 1. The molecule has 4 N–H and O–H groups in total. The molecule has 0 amide bonds. The second-order valence-corrected chi connectivity index (χ2v) is 3.27. The highest BCUT2D eigenvalue weighted by molar-refractivity contribution is 4.98. The molecule has 0 saturated heterocycles. The fourth-order valence-electron chi connectivity index (χ4n) is 1.10. The van der Waals surface area contributed by atoms with Crippen LogP contribution in [0.15, 0.2) is 16.9 Å². The zero-order chi connectivity index (χ0) is 10.4. The zero-order valence-corrected chi connectivity index (χ0v) is 8.29. The topological polar surface area (TPSA) is 83.8 Å². The first-order valence-corrected chi connectivity index (χ1v) is 4.70. The van der Waals surface area contributed by atoms with Gasteiger partial charge in [0.25, 0.3) is 5.56 Å². The molecule has 0 aromatic carbocycles. The minimum atomic E-state index is -0.177. The average molecular weight is 196 g/mol. The van der Waals surface area contributed by atoms with Gasteiger partial charge in [0.1, 0.15) is 0 Å². The summed E-state index contributed by atoms with van der Waals surface area (Å²) in [4.78, 5) is 10.7. The molecule has 1 atom stereocenters. The summed E-state index contributed by atoms with van der Waals surface area (Å²) in [5.41, 5.74) is 6.07. The van der Waals surface area contributed by atoms with Gasteiger partial charge in [0.05, 0.1) is 5.69 Å². The lowest BCUT2D eigenvalue weighted by Crippen LogP contribution is -2.28. The third kappa shape index (κ3) is 3.68. The number of aromatic amines is 1. The smallest absolute Gasteiger partial charge is 0.264 e. The Labute approximate surface area is 82.7 Å². The van der Waals surface area contributed by atoms with Crippen molar-refractivity contribution < 1.29 is 0 Å². The molecule has 1 unspecified atom stereocenters. The number of hydrogen-bond donors (Lipinski definition) is 3. The normalized spacial score (nSPS) is 12.7. The predicted molar refractivity (Wildman–Crippen MR) is 54.8 cm³/mol. The fourth-order valence-corrected chi connectivity index (χ4v) is 1.10. The maximum Gasteiger partial charge on any atom is 0.264 e. The lowest BCUT2D eigenvalue weighted by Gasteiger charge is -2.11. The largest absolute Gasteiger partial charge is 0.330 e. The number of H-pyrrole nitrogens is 1. The minimum Gasteiger partial charge on any atom is -0.330 e. The monoisotopic (exact) mass is 196 g/mol. The summed E-state index contributed by atoms with van der Waals surface area (Å²) in [5.74, 6) is 0. The van der Waals surface area contributed by atoms with E-state index in [1.807, 2.05) is 0 Å². The van der Waals surface area contributed by atoms with Gasteiger partial charge in [-0.2, -0.15) is 5.10 Å². The van der Waals surface area contributed by atoms with Crippen molar-refractivity contribution in [3.05, 3.63) is 28.2 Å². The Bertz CT molecular complexity index is 302. The molecule has 0 spiro atoms. The van der Waals surface area contributed by atoms with Crippen LogP contribution in [0.25, 0.3) is 0 Å².